The van der Waals surface area contributed by atoms with E-state index in [0.717, 1.165) is 13.1 Å². The van der Waals surface area contributed by atoms with Crippen LogP contribution in [0.5, 0.6) is 5.75 Å². The number of amides is 1. The van der Waals surface area contributed by atoms with Crippen molar-refractivity contribution in [2.75, 3.05) is 39.5 Å². The molecule has 1 unspecified atom stereocenters. The van der Waals surface area contributed by atoms with Crippen molar-refractivity contribution in [2.45, 2.75) is 26.3 Å². The van der Waals surface area contributed by atoms with E-state index in [1.165, 1.54) is 11.1 Å². The zero-order chi connectivity index (χ0) is 21.3. The molecular weight excluding hydrogens is 380 g/mol. The molecule has 1 aliphatic rings. The van der Waals surface area contributed by atoms with Crippen LogP contribution in [0.15, 0.2) is 48.5 Å². The molecule has 0 spiro atoms. The van der Waals surface area contributed by atoms with Crippen molar-refractivity contribution in [1.29, 1.82) is 0 Å². The summed E-state index contributed by atoms with van der Waals surface area (Å²) in [6, 6.07) is 15.4. The number of carbonyl (C=O) groups excluding carboxylic acids is 2. The van der Waals surface area contributed by atoms with E-state index < -0.39 is 0 Å². The van der Waals surface area contributed by atoms with Gasteiger partial charge in [-0.25, -0.2) is 0 Å². The van der Waals surface area contributed by atoms with Crippen LogP contribution < -0.4 is 10.1 Å². The molecule has 3 rings (SSSR count). The second kappa shape index (κ2) is 10.9. The lowest BCUT2D eigenvalue weighted by Gasteiger charge is -2.35. The first-order valence-corrected chi connectivity index (χ1v) is 10.5. The van der Waals surface area contributed by atoms with E-state index in [9.17, 15) is 9.59 Å². The average molecular weight is 411 g/mol. The Hall–Kier alpha value is -2.70. The standard InChI is InChI=1S/C24H30N2O4/c1-3-23(27)19-7-9-21(10-8-19)30-17-24(28)25-16-22(26-11-13-29-14-12-26)20-6-4-5-18(2)15-20/h4-10,15,22H,3,11-14,16-17H2,1-2H3,(H,25,28). The molecule has 0 aliphatic carbocycles. The van der Waals surface area contributed by atoms with Crippen molar-refractivity contribution in [3.8, 4) is 5.75 Å². The van der Waals surface area contributed by atoms with Gasteiger partial charge in [-0.05, 0) is 36.8 Å². The molecule has 1 amide bonds. The number of ether oxygens (including phenoxy) is 2. The molecule has 160 valence electrons. The van der Waals surface area contributed by atoms with Gasteiger partial charge in [0, 0.05) is 31.6 Å². The van der Waals surface area contributed by atoms with E-state index in [2.05, 4.69) is 41.4 Å². The fourth-order valence-electron chi connectivity index (χ4n) is 3.58. The molecule has 30 heavy (non-hydrogen) atoms. The number of carbonyl (C=O) groups is 2. The molecule has 2 aromatic rings. The highest BCUT2D eigenvalue weighted by Gasteiger charge is 2.23. The number of Topliss-reactive ketones (excluding diaryl/α,β-unsaturated/α-hetero) is 1. The first-order valence-electron chi connectivity index (χ1n) is 10.5. The lowest BCUT2D eigenvalue weighted by molar-refractivity contribution is -0.123. The second-order valence-electron chi connectivity index (χ2n) is 7.47. The SMILES string of the molecule is CCC(=O)c1ccc(OCC(=O)NCC(c2cccc(C)c2)N2CCOCC2)cc1. The maximum Gasteiger partial charge on any atom is 0.258 e. The van der Waals surface area contributed by atoms with E-state index in [1.54, 1.807) is 24.3 Å². The van der Waals surface area contributed by atoms with Gasteiger partial charge in [0.2, 0.25) is 0 Å². The van der Waals surface area contributed by atoms with Gasteiger partial charge < -0.3 is 14.8 Å². The number of aryl methyl sites for hydroxylation is 1. The minimum absolute atomic E-state index is 0.0648. The van der Waals surface area contributed by atoms with Crippen LogP contribution in [0.4, 0.5) is 0 Å². The number of hydrogen-bond donors (Lipinski definition) is 1. The van der Waals surface area contributed by atoms with Gasteiger partial charge in [0.25, 0.3) is 5.91 Å². The Kier molecular flexibility index (Phi) is 7.99. The molecule has 2 aromatic carbocycles. The Morgan fingerprint density at radius 3 is 2.53 bits per heavy atom. The minimum Gasteiger partial charge on any atom is -0.484 e. The smallest absolute Gasteiger partial charge is 0.258 e. The second-order valence-corrected chi connectivity index (χ2v) is 7.47. The summed E-state index contributed by atoms with van der Waals surface area (Å²) < 4.78 is 11.1. The summed E-state index contributed by atoms with van der Waals surface area (Å²) in [5.41, 5.74) is 3.04. The molecule has 6 heteroatoms. The predicted molar refractivity (Wildman–Crippen MR) is 116 cm³/mol. The van der Waals surface area contributed by atoms with Crippen molar-refractivity contribution < 1.29 is 19.1 Å². The van der Waals surface area contributed by atoms with Crippen LogP contribution in [0, 0.1) is 6.92 Å². The molecule has 1 fully saturated rings. The molecule has 1 atom stereocenters. The zero-order valence-corrected chi connectivity index (χ0v) is 17.7. The molecule has 0 aromatic heterocycles. The molecule has 0 saturated carbocycles. The lowest BCUT2D eigenvalue weighted by Crippen LogP contribution is -2.44. The Balaban J connectivity index is 1.55. The third-order valence-corrected chi connectivity index (χ3v) is 5.27. The van der Waals surface area contributed by atoms with Crippen molar-refractivity contribution in [2.24, 2.45) is 0 Å². The van der Waals surface area contributed by atoms with Crippen molar-refractivity contribution in [1.82, 2.24) is 10.2 Å². The minimum atomic E-state index is -0.172. The van der Waals surface area contributed by atoms with Crippen LogP contribution in [0.1, 0.15) is 40.9 Å². The van der Waals surface area contributed by atoms with E-state index in [1.807, 2.05) is 6.92 Å². The highest BCUT2D eigenvalue weighted by molar-refractivity contribution is 5.95. The van der Waals surface area contributed by atoms with Gasteiger partial charge >= 0.3 is 0 Å². The summed E-state index contributed by atoms with van der Waals surface area (Å²) in [7, 11) is 0. The largest absolute Gasteiger partial charge is 0.484 e. The highest BCUT2D eigenvalue weighted by Crippen LogP contribution is 2.22. The Morgan fingerprint density at radius 1 is 1.13 bits per heavy atom. The first kappa shape index (κ1) is 22.0. The number of ketones is 1. The summed E-state index contributed by atoms with van der Waals surface area (Å²) >= 11 is 0. The van der Waals surface area contributed by atoms with Crippen molar-refractivity contribution in [3.05, 3.63) is 65.2 Å². The van der Waals surface area contributed by atoms with E-state index in [-0.39, 0.29) is 24.3 Å². The number of nitrogens with one attached hydrogen (secondary N) is 1. The Bertz CT molecular complexity index is 845. The van der Waals surface area contributed by atoms with Crippen LogP contribution in [-0.4, -0.2) is 56.0 Å². The van der Waals surface area contributed by atoms with Gasteiger partial charge in [0.05, 0.1) is 19.3 Å². The third kappa shape index (κ3) is 6.15. The molecule has 1 saturated heterocycles. The van der Waals surface area contributed by atoms with Gasteiger partial charge in [-0.3, -0.25) is 14.5 Å². The molecule has 1 aliphatic heterocycles. The van der Waals surface area contributed by atoms with Crippen molar-refractivity contribution >= 4 is 11.7 Å². The number of morpholine rings is 1. The summed E-state index contributed by atoms with van der Waals surface area (Å²) in [5, 5.41) is 3.01. The van der Waals surface area contributed by atoms with Gasteiger partial charge in [0.15, 0.2) is 12.4 Å². The zero-order valence-electron chi connectivity index (χ0n) is 17.7. The maximum atomic E-state index is 12.4. The molecule has 6 nitrogen and oxygen atoms in total. The van der Waals surface area contributed by atoms with Gasteiger partial charge in [-0.2, -0.15) is 0 Å². The highest BCUT2D eigenvalue weighted by atomic mass is 16.5. The van der Waals surface area contributed by atoms with Gasteiger partial charge in [0.1, 0.15) is 5.75 Å². The molecule has 1 heterocycles. The van der Waals surface area contributed by atoms with Crippen LogP contribution in [0.3, 0.4) is 0 Å². The Labute approximate surface area is 178 Å². The maximum absolute atomic E-state index is 12.4. The predicted octanol–water partition coefficient (Wildman–Crippen LogP) is 3.16. The van der Waals surface area contributed by atoms with E-state index in [0.29, 0.717) is 37.5 Å². The first-order chi connectivity index (χ1) is 14.6. The lowest BCUT2D eigenvalue weighted by atomic mass is 10.0. The third-order valence-electron chi connectivity index (χ3n) is 5.27. The van der Waals surface area contributed by atoms with Crippen LogP contribution in [0.25, 0.3) is 0 Å². The number of nitrogens with zero attached hydrogens (tertiary/aromatic N) is 1. The van der Waals surface area contributed by atoms with Gasteiger partial charge in [-0.1, -0.05) is 36.8 Å². The monoisotopic (exact) mass is 410 g/mol. The van der Waals surface area contributed by atoms with E-state index >= 15 is 0 Å². The topological polar surface area (TPSA) is 67.9 Å². The van der Waals surface area contributed by atoms with Gasteiger partial charge in [-0.15, -0.1) is 0 Å². The normalized spacial score (nSPS) is 15.4. The quantitative estimate of drug-likeness (QED) is 0.643. The van der Waals surface area contributed by atoms with Crippen LogP contribution in [0.2, 0.25) is 0 Å². The summed E-state index contributed by atoms with van der Waals surface area (Å²) in [6.45, 7) is 7.44. The number of hydrogen-bond acceptors (Lipinski definition) is 5. The fraction of sp³-hybridized carbons (Fsp3) is 0.417. The van der Waals surface area contributed by atoms with E-state index in [4.69, 9.17) is 9.47 Å². The summed E-state index contributed by atoms with van der Waals surface area (Å²) in [6.07, 6.45) is 0.466. The van der Waals surface area contributed by atoms with Crippen molar-refractivity contribution in [3.63, 3.8) is 0 Å². The van der Waals surface area contributed by atoms with Crippen LogP contribution in [-0.2, 0) is 9.53 Å². The number of rotatable bonds is 9. The molecule has 1 N–H and O–H groups in total. The average Bonchev–Trinajstić information content (AvgIpc) is 2.78. The summed E-state index contributed by atoms with van der Waals surface area (Å²) in [4.78, 5) is 26.4. The molecular formula is C24H30N2O4. The number of benzene rings is 2. The fourth-order valence-corrected chi connectivity index (χ4v) is 3.58. The summed E-state index contributed by atoms with van der Waals surface area (Å²) in [5.74, 6) is 0.487. The molecule has 0 radical (unpaired) electrons. The Morgan fingerprint density at radius 2 is 1.87 bits per heavy atom. The molecule has 0 bridgehead atoms. The van der Waals surface area contributed by atoms with Crippen LogP contribution >= 0.6 is 0 Å².